The number of nitrogens with two attached hydrogens (primary N) is 1. The summed E-state index contributed by atoms with van der Waals surface area (Å²) in [5.41, 5.74) is 13.7. The van der Waals surface area contributed by atoms with Gasteiger partial charge < -0.3 is 11.1 Å². The maximum Gasteiger partial charge on any atom is 0.246 e. The minimum atomic E-state index is -0.683. The molecule has 0 atom stereocenters. The van der Waals surface area contributed by atoms with Crippen molar-refractivity contribution in [3.05, 3.63) is 21.8 Å². The number of amides is 2. The normalized spacial score (nSPS) is 11.2. The summed E-state index contributed by atoms with van der Waals surface area (Å²) >= 11 is 0. The molecule has 3 N–H and O–H groups in total. The molecule has 7 heteroatoms. The fraction of sp³-hybridized carbons (Fsp3) is 0.600. The minimum absolute atomic E-state index is 0.0939. The van der Waals surface area contributed by atoms with Crippen LogP contribution in [-0.2, 0) is 9.59 Å². The molecule has 0 aromatic carbocycles. The highest BCUT2D eigenvalue weighted by Gasteiger charge is 2.12. The van der Waals surface area contributed by atoms with Crippen molar-refractivity contribution in [3.8, 4) is 0 Å². The van der Waals surface area contributed by atoms with E-state index in [2.05, 4.69) is 15.3 Å². The first-order chi connectivity index (χ1) is 8.02. The van der Waals surface area contributed by atoms with Crippen LogP contribution in [0.2, 0.25) is 0 Å². The number of primary amides is 1. The van der Waals surface area contributed by atoms with Crippen LogP contribution in [-0.4, -0.2) is 11.8 Å². The molecule has 94 valence electrons. The number of hydrogen-bond donors (Lipinski definition) is 2. The van der Waals surface area contributed by atoms with Gasteiger partial charge in [0.05, 0.1) is 0 Å². The van der Waals surface area contributed by atoms with Gasteiger partial charge in [0.25, 0.3) is 0 Å². The number of rotatable bonds is 7. The lowest BCUT2D eigenvalue weighted by molar-refractivity contribution is -0.118. The molecular weight excluding hydrogens is 222 g/mol. The lowest BCUT2D eigenvalue weighted by Gasteiger charge is -2.08. The third-order valence-corrected chi connectivity index (χ3v) is 2.05. The monoisotopic (exact) mass is 239 g/mol. The third-order valence-electron chi connectivity index (χ3n) is 2.05. The number of azide groups is 1. The van der Waals surface area contributed by atoms with E-state index >= 15 is 0 Å². The van der Waals surface area contributed by atoms with Crippen molar-refractivity contribution < 1.29 is 9.59 Å². The van der Waals surface area contributed by atoms with Gasteiger partial charge in [-0.1, -0.05) is 19.8 Å². The van der Waals surface area contributed by atoms with Crippen molar-refractivity contribution in [2.24, 2.45) is 10.8 Å². The number of nitrogens with one attached hydrogen (secondary N) is 1. The molecular formula is C10H17N5O2. The highest BCUT2D eigenvalue weighted by atomic mass is 16.2. The standard InChI is InChI=1S/C10H17N5O2/c1-3-4-5-6-8(9(11)17)10(14-15-12)13-7(2)16/h3-6H2,1-2H3,(H2,11,17)(H,13,16). The Bertz CT molecular complexity index is 369. The summed E-state index contributed by atoms with van der Waals surface area (Å²) in [5.74, 6) is -1.19. The van der Waals surface area contributed by atoms with Crippen molar-refractivity contribution in [1.29, 1.82) is 0 Å². The molecule has 17 heavy (non-hydrogen) atoms. The van der Waals surface area contributed by atoms with Gasteiger partial charge in [0.15, 0.2) is 0 Å². The Balaban J connectivity index is 5.04. The average Bonchev–Trinajstić information content (AvgIpc) is 2.23. The summed E-state index contributed by atoms with van der Waals surface area (Å²) in [6, 6.07) is 0. The molecule has 0 heterocycles. The molecule has 0 unspecified atom stereocenters. The molecule has 0 saturated heterocycles. The fourth-order valence-corrected chi connectivity index (χ4v) is 1.28. The van der Waals surface area contributed by atoms with Crippen molar-refractivity contribution in [1.82, 2.24) is 5.32 Å². The first-order valence-corrected chi connectivity index (χ1v) is 5.38. The number of unbranched alkanes of at least 4 members (excludes halogenated alkanes) is 2. The molecule has 0 aromatic rings. The van der Waals surface area contributed by atoms with E-state index in [1.807, 2.05) is 6.92 Å². The van der Waals surface area contributed by atoms with Gasteiger partial charge in [-0.3, -0.25) is 9.59 Å². The number of nitrogens with zero attached hydrogens (tertiary/aromatic N) is 3. The predicted molar refractivity (Wildman–Crippen MR) is 63.3 cm³/mol. The molecule has 0 fully saturated rings. The zero-order valence-electron chi connectivity index (χ0n) is 10.1. The summed E-state index contributed by atoms with van der Waals surface area (Å²) in [5, 5.41) is 5.60. The number of hydrogen-bond acceptors (Lipinski definition) is 3. The van der Waals surface area contributed by atoms with Crippen molar-refractivity contribution in [3.63, 3.8) is 0 Å². The average molecular weight is 239 g/mol. The molecule has 0 bridgehead atoms. The molecule has 0 saturated carbocycles. The van der Waals surface area contributed by atoms with Crippen molar-refractivity contribution in [2.45, 2.75) is 39.5 Å². The van der Waals surface area contributed by atoms with Gasteiger partial charge in [-0.2, -0.15) is 0 Å². The first-order valence-electron chi connectivity index (χ1n) is 5.38. The lowest BCUT2D eigenvalue weighted by atomic mass is 10.1. The summed E-state index contributed by atoms with van der Waals surface area (Å²) < 4.78 is 0. The van der Waals surface area contributed by atoms with E-state index in [0.29, 0.717) is 6.42 Å². The fourth-order valence-electron chi connectivity index (χ4n) is 1.28. The maximum absolute atomic E-state index is 11.2. The van der Waals surface area contributed by atoms with Gasteiger partial charge >= 0.3 is 0 Å². The Morgan fingerprint density at radius 3 is 2.47 bits per heavy atom. The second-order valence-corrected chi connectivity index (χ2v) is 3.52. The molecule has 0 radical (unpaired) electrons. The molecule has 0 rings (SSSR count). The highest BCUT2D eigenvalue weighted by molar-refractivity contribution is 5.93. The maximum atomic E-state index is 11.2. The van der Waals surface area contributed by atoms with Crippen LogP contribution < -0.4 is 11.1 Å². The van der Waals surface area contributed by atoms with E-state index in [-0.39, 0.29) is 11.4 Å². The summed E-state index contributed by atoms with van der Waals surface area (Å²) in [4.78, 5) is 24.7. The van der Waals surface area contributed by atoms with Gasteiger partial charge in [-0.05, 0) is 23.5 Å². The van der Waals surface area contributed by atoms with Crippen LogP contribution in [0.25, 0.3) is 10.4 Å². The zero-order chi connectivity index (χ0) is 13.3. The quantitative estimate of drug-likeness (QED) is 0.231. The van der Waals surface area contributed by atoms with Crippen LogP contribution in [0, 0.1) is 0 Å². The minimum Gasteiger partial charge on any atom is -0.366 e. The van der Waals surface area contributed by atoms with Crippen LogP contribution >= 0.6 is 0 Å². The smallest absolute Gasteiger partial charge is 0.246 e. The largest absolute Gasteiger partial charge is 0.366 e. The van der Waals surface area contributed by atoms with E-state index in [0.717, 1.165) is 19.3 Å². The molecule has 0 aliphatic carbocycles. The lowest BCUT2D eigenvalue weighted by Crippen LogP contribution is -2.24. The Morgan fingerprint density at radius 2 is 2.06 bits per heavy atom. The summed E-state index contributed by atoms with van der Waals surface area (Å²) in [7, 11) is 0. The van der Waals surface area contributed by atoms with Gasteiger partial charge in [0, 0.05) is 17.4 Å². The van der Waals surface area contributed by atoms with Gasteiger partial charge in [-0.15, -0.1) is 0 Å². The molecule has 0 aromatic heterocycles. The molecule has 7 nitrogen and oxygen atoms in total. The molecule has 2 amide bonds. The van der Waals surface area contributed by atoms with Gasteiger partial charge in [0.2, 0.25) is 11.8 Å². The third kappa shape index (κ3) is 6.21. The van der Waals surface area contributed by atoms with E-state index in [1.54, 1.807) is 0 Å². The Labute approximate surface area is 99.7 Å². The van der Waals surface area contributed by atoms with Gasteiger partial charge in [-0.25, -0.2) is 0 Å². The van der Waals surface area contributed by atoms with Gasteiger partial charge in [0.1, 0.15) is 5.82 Å². The Hall–Kier alpha value is -2.01. The van der Waals surface area contributed by atoms with Crippen LogP contribution in [0.5, 0.6) is 0 Å². The van der Waals surface area contributed by atoms with Crippen molar-refractivity contribution in [2.75, 3.05) is 0 Å². The van der Waals surface area contributed by atoms with Crippen LogP contribution in [0.4, 0.5) is 0 Å². The topological polar surface area (TPSA) is 121 Å². The SMILES string of the molecule is CCCCCC(C(N)=O)=C(N=[N+]=[N-])NC(C)=O. The molecule has 0 spiro atoms. The Morgan fingerprint density at radius 1 is 1.41 bits per heavy atom. The first kappa shape index (κ1) is 15.0. The second kappa shape index (κ2) is 8.18. The van der Waals surface area contributed by atoms with E-state index in [1.165, 1.54) is 6.92 Å². The molecule has 0 aliphatic heterocycles. The molecule has 0 aliphatic rings. The van der Waals surface area contributed by atoms with E-state index < -0.39 is 11.8 Å². The number of carbonyl (C=O) groups is 2. The van der Waals surface area contributed by atoms with E-state index in [4.69, 9.17) is 11.3 Å². The zero-order valence-corrected chi connectivity index (χ0v) is 10.1. The van der Waals surface area contributed by atoms with Crippen molar-refractivity contribution >= 4 is 11.8 Å². The Kier molecular flexibility index (Phi) is 7.21. The summed E-state index contributed by atoms with van der Waals surface area (Å²) in [6.07, 6.45) is 3.06. The van der Waals surface area contributed by atoms with Crippen LogP contribution in [0.1, 0.15) is 39.5 Å². The predicted octanol–water partition coefficient (Wildman–Crippen LogP) is 1.71. The summed E-state index contributed by atoms with van der Waals surface area (Å²) in [6.45, 7) is 3.29. The van der Waals surface area contributed by atoms with E-state index in [9.17, 15) is 9.59 Å². The number of carbonyl (C=O) groups excluding carboxylic acids is 2. The van der Waals surface area contributed by atoms with Crippen LogP contribution in [0.3, 0.4) is 0 Å². The second-order valence-electron chi connectivity index (χ2n) is 3.52. The van der Waals surface area contributed by atoms with Crippen LogP contribution in [0.15, 0.2) is 16.5 Å². The highest BCUT2D eigenvalue weighted by Crippen LogP contribution is 2.13.